The molecule has 0 aliphatic carbocycles. The van der Waals surface area contributed by atoms with Crippen molar-refractivity contribution < 1.29 is 0 Å². The third kappa shape index (κ3) is 1.88. The van der Waals surface area contributed by atoms with Gasteiger partial charge in [0.15, 0.2) is 0 Å². The number of rotatable bonds is 1. The van der Waals surface area contributed by atoms with Crippen molar-refractivity contribution in [2.75, 3.05) is 6.16 Å². The SMILES string of the molecule is CC[P-](Cl)(Cl)(Cl)(C#N)C#N. The van der Waals surface area contributed by atoms with E-state index in [9.17, 15) is 0 Å². The van der Waals surface area contributed by atoms with Crippen LogP contribution in [0.4, 0.5) is 0 Å². The second-order valence-electron chi connectivity index (χ2n) is 2.00. The first kappa shape index (κ1) is 10.3. The van der Waals surface area contributed by atoms with Crippen molar-refractivity contribution in [1.82, 2.24) is 0 Å². The molecule has 0 radical (unpaired) electrons. The molecule has 0 spiro atoms. The molecule has 0 N–H and O–H groups in total. The second-order valence-corrected chi connectivity index (χ2v) is 15.8. The van der Waals surface area contributed by atoms with Gasteiger partial charge in [0.1, 0.15) is 0 Å². The van der Waals surface area contributed by atoms with Crippen molar-refractivity contribution in [2.45, 2.75) is 6.92 Å². The average Bonchev–Trinajstić information content (AvgIpc) is 1.90. The van der Waals surface area contributed by atoms with Crippen LogP contribution in [0.1, 0.15) is 6.92 Å². The summed E-state index contributed by atoms with van der Waals surface area (Å²) in [6.07, 6.45) is -0.0394. The van der Waals surface area contributed by atoms with Crippen LogP contribution in [0.25, 0.3) is 0 Å². The van der Waals surface area contributed by atoms with Crippen molar-refractivity contribution >= 4 is 37.7 Å². The number of nitrogens with zero attached hydrogens (tertiary/aromatic N) is 2. The Balaban J connectivity index is 5.39. The van der Waals surface area contributed by atoms with Crippen LogP contribution in [0.15, 0.2) is 0 Å². The summed E-state index contributed by atoms with van der Waals surface area (Å²) in [5.41, 5.74) is 0. The zero-order valence-corrected chi connectivity index (χ0v) is 8.34. The van der Waals surface area contributed by atoms with E-state index in [4.69, 9.17) is 44.2 Å². The molecule has 6 heteroatoms. The van der Waals surface area contributed by atoms with Gasteiger partial charge in [0.25, 0.3) is 0 Å². The topological polar surface area (TPSA) is 47.6 Å². The average molecular weight is 218 g/mol. The van der Waals surface area contributed by atoms with Gasteiger partial charge in [-0.2, -0.15) is 0 Å². The number of hydrogen-bond acceptors (Lipinski definition) is 2. The third-order valence-electron chi connectivity index (χ3n) is 1.14. The van der Waals surface area contributed by atoms with E-state index in [1.54, 1.807) is 0 Å². The summed E-state index contributed by atoms with van der Waals surface area (Å²) >= 11 is 16.6. The van der Waals surface area contributed by atoms with E-state index in [0.29, 0.717) is 0 Å². The van der Waals surface area contributed by atoms with Gasteiger partial charge in [-0.25, -0.2) is 0 Å². The summed E-state index contributed by atoms with van der Waals surface area (Å²) in [6.45, 7) is 1.51. The predicted octanol–water partition coefficient (Wildman–Crippen LogP) is 3.52. The van der Waals surface area contributed by atoms with Crippen LogP contribution in [-0.4, -0.2) is 6.16 Å². The van der Waals surface area contributed by atoms with Gasteiger partial charge in [0.05, 0.1) is 0 Å². The van der Waals surface area contributed by atoms with Gasteiger partial charge in [-0.15, -0.1) is 0 Å². The summed E-state index contributed by atoms with van der Waals surface area (Å²) in [4.78, 5) is 0. The van der Waals surface area contributed by atoms with Crippen LogP contribution in [0.2, 0.25) is 0 Å². The number of hydrogen-bond donors (Lipinski definition) is 0. The van der Waals surface area contributed by atoms with Crippen LogP contribution in [0.5, 0.6) is 0 Å². The third-order valence-corrected chi connectivity index (χ3v) is 6.94. The molecule has 0 saturated carbocycles. The molecule has 0 heterocycles. The minimum atomic E-state index is -4.74. The van der Waals surface area contributed by atoms with E-state index in [1.807, 2.05) is 0 Å². The molecule has 0 aliphatic heterocycles. The molecule has 0 rings (SSSR count). The quantitative estimate of drug-likeness (QED) is 0.632. The number of nitriles is 2. The van der Waals surface area contributed by atoms with Crippen molar-refractivity contribution in [1.29, 1.82) is 10.5 Å². The first-order valence-corrected chi connectivity index (χ1v) is 8.01. The summed E-state index contributed by atoms with van der Waals surface area (Å²) < 4.78 is -4.74. The summed E-state index contributed by atoms with van der Waals surface area (Å²) in [6, 6.07) is 0. The molecule has 0 saturated heterocycles. The Bertz CT molecular complexity index is 230. The minimum absolute atomic E-state index is 0.0394. The molecule has 0 aromatic carbocycles. The fraction of sp³-hybridized carbons (Fsp3) is 0.500. The molecular weight excluding hydrogens is 213 g/mol. The molecule has 0 fully saturated rings. The summed E-state index contributed by atoms with van der Waals surface area (Å²) in [5.74, 6) is 3.00. The van der Waals surface area contributed by atoms with Gasteiger partial charge in [0, 0.05) is 0 Å². The molecule has 0 aromatic rings. The van der Waals surface area contributed by atoms with Crippen molar-refractivity contribution in [2.24, 2.45) is 0 Å². The normalized spacial score (nSPS) is 17.8. The second kappa shape index (κ2) is 1.90. The molecule has 0 amide bonds. The first-order chi connectivity index (χ1) is 4.21. The molecule has 0 aliphatic rings. The molecular formula is C4H5Cl3N2P-. The number of halogens is 3. The van der Waals surface area contributed by atoms with Gasteiger partial charge in [-0.05, 0) is 0 Å². The van der Waals surface area contributed by atoms with Crippen LogP contribution < -0.4 is 0 Å². The molecule has 10 heavy (non-hydrogen) atoms. The standard InChI is InChI=1S/C4H5Cl3N2P/c1-2-10(5,6,7,3-8)4-9/h2H2,1H3/q-1. The molecule has 0 aromatic heterocycles. The van der Waals surface area contributed by atoms with Gasteiger partial charge < -0.3 is 0 Å². The van der Waals surface area contributed by atoms with Crippen LogP contribution in [0.3, 0.4) is 0 Å². The molecule has 2 nitrogen and oxygen atoms in total. The van der Waals surface area contributed by atoms with Crippen LogP contribution in [0, 0.1) is 22.1 Å². The van der Waals surface area contributed by atoms with Crippen molar-refractivity contribution in [3.05, 3.63) is 0 Å². The van der Waals surface area contributed by atoms with Crippen molar-refractivity contribution in [3.8, 4) is 11.6 Å². The monoisotopic (exact) mass is 217 g/mol. The van der Waals surface area contributed by atoms with E-state index in [-0.39, 0.29) is 6.16 Å². The maximum absolute atomic E-state index is 8.50. The Labute approximate surface area is 73.2 Å². The fourth-order valence-electron chi connectivity index (χ4n) is 0.164. The zero-order chi connectivity index (χ0) is 8.53. The molecule has 58 valence electrons. The Morgan fingerprint density at radius 3 is 1.50 bits per heavy atom. The predicted molar refractivity (Wildman–Crippen MR) is 46.2 cm³/mol. The first-order valence-electron chi connectivity index (χ1n) is 2.42. The summed E-state index contributed by atoms with van der Waals surface area (Å²) in [7, 11) is 0. The van der Waals surface area contributed by atoms with E-state index in [2.05, 4.69) is 0 Å². The van der Waals surface area contributed by atoms with E-state index < -0.39 is 4.00 Å². The maximum atomic E-state index is 8.50. The van der Waals surface area contributed by atoms with E-state index in [1.165, 1.54) is 18.5 Å². The summed E-state index contributed by atoms with van der Waals surface area (Å²) in [5, 5.41) is 17.0. The van der Waals surface area contributed by atoms with Crippen LogP contribution in [-0.2, 0) is 0 Å². The van der Waals surface area contributed by atoms with Crippen molar-refractivity contribution in [3.63, 3.8) is 0 Å². The van der Waals surface area contributed by atoms with Crippen LogP contribution >= 0.6 is 37.7 Å². The molecule has 0 atom stereocenters. The molecule has 0 unspecified atom stereocenters. The van der Waals surface area contributed by atoms with Gasteiger partial charge in [-0.1, -0.05) is 0 Å². The Morgan fingerprint density at radius 1 is 1.20 bits per heavy atom. The van der Waals surface area contributed by atoms with E-state index >= 15 is 0 Å². The fourth-order valence-corrected chi connectivity index (χ4v) is 0.491. The molecule has 0 bridgehead atoms. The Morgan fingerprint density at radius 2 is 1.50 bits per heavy atom. The van der Waals surface area contributed by atoms with Gasteiger partial charge >= 0.3 is 73.0 Å². The Kier molecular flexibility index (Phi) is 1.96. The Hall–Kier alpha value is 0.280. The van der Waals surface area contributed by atoms with E-state index in [0.717, 1.165) is 0 Å². The van der Waals surface area contributed by atoms with Gasteiger partial charge in [0.2, 0.25) is 0 Å². The van der Waals surface area contributed by atoms with Gasteiger partial charge in [-0.3, -0.25) is 0 Å². The zero-order valence-electron chi connectivity index (χ0n) is 5.18.